The molecule has 0 aliphatic carbocycles. The molecule has 0 saturated carbocycles. The summed E-state index contributed by atoms with van der Waals surface area (Å²) in [4.78, 5) is 29.5. The van der Waals surface area contributed by atoms with Crippen molar-refractivity contribution >= 4 is 23.1 Å². The number of anilines is 1. The van der Waals surface area contributed by atoms with Gasteiger partial charge in [0.05, 0.1) is 30.6 Å². The number of benzene rings is 2. The molecule has 4 rings (SSSR count). The van der Waals surface area contributed by atoms with Crippen LogP contribution in [-0.2, 0) is 14.3 Å². The monoisotopic (exact) mass is 410 g/mol. The number of imide groups is 1. The van der Waals surface area contributed by atoms with E-state index in [1.165, 1.54) is 18.2 Å². The van der Waals surface area contributed by atoms with Gasteiger partial charge in [-0.15, -0.1) is 0 Å². The second-order valence-electron chi connectivity index (χ2n) is 7.41. The summed E-state index contributed by atoms with van der Waals surface area (Å²) >= 11 is 0. The van der Waals surface area contributed by atoms with Crippen LogP contribution < -0.4 is 9.64 Å². The first-order chi connectivity index (χ1) is 14.5. The lowest BCUT2D eigenvalue weighted by atomic mass is 10.0. The molecule has 0 spiro atoms. The number of rotatable bonds is 5. The van der Waals surface area contributed by atoms with Gasteiger partial charge in [0, 0.05) is 13.1 Å². The minimum absolute atomic E-state index is 0.0187. The van der Waals surface area contributed by atoms with E-state index in [0.29, 0.717) is 37.6 Å². The van der Waals surface area contributed by atoms with Gasteiger partial charge in [-0.1, -0.05) is 24.3 Å². The summed E-state index contributed by atoms with van der Waals surface area (Å²) < 4.78 is 25.5. The van der Waals surface area contributed by atoms with Crippen LogP contribution in [0.1, 0.15) is 19.4 Å². The maximum atomic E-state index is 14.4. The first-order valence-corrected chi connectivity index (χ1v) is 9.94. The third-order valence-electron chi connectivity index (χ3n) is 4.99. The van der Waals surface area contributed by atoms with E-state index in [-0.39, 0.29) is 23.1 Å². The Bertz CT molecular complexity index is 995. The fraction of sp³-hybridized carbons (Fsp3) is 0.304. The molecule has 7 heteroatoms. The Hall–Kier alpha value is -3.19. The molecule has 6 nitrogen and oxygen atoms in total. The average Bonchev–Trinajstić information content (AvgIpc) is 2.99. The molecule has 1 saturated heterocycles. The number of carbonyl (C=O) groups excluding carboxylic acids is 2. The molecule has 0 aromatic heterocycles. The molecule has 0 unspecified atom stereocenters. The molecular weight excluding hydrogens is 387 g/mol. The van der Waals surface area contributed by atoms with Crippen LogP contribution in [-0.4, -0.2) is 49.1 Å². The van der Waals surface area contributed by atoms with Crippen molar-refractivity contribution in [2.75, 3.05) is 31.2 Å². The van der Waals surface area contributed by atoms with Crippen LogP contribution >= 0.6 is 0 Å². The predicted octanol–water partition coefficient (Wildman–Crippen LogP) is 3.23. The smallest absolute Gasteiger partial charge is 0.282 e. The minimum atomic E-state index is -0.623. The summed E-state index contributed by atoms with van der Waals surface area (Å²) in [7, 11) is 0. The van der Waals surface area contributed by atoms with E-state index in [1.54, 1.807) is 30.3 Å². The molecule has 1 fully saturated rings. The Labute approximate surface area is 174 Å². The van der Waals surface area contributed by atoms with Crippen molar-refractivity contribution in [3.63, 3.8) is 0 Å². The van der Waals surface area contributed by atoms with Gasteiger partial charge in [-0.25, -0.2) is 9.29 Å². The van der Waals surface area contributed by atoms with Crippen molar-refractivity contribution in [2.45, 2.75) is 20.0 Å². The van der Waals surface area contributed by atoms with E-state index < -0.39 is 17.6 Å². The van der Waals surface area contributed by atoms with Gasteiger partial charge in [0.25, 0.3) is 11.8 Å². The summed E-state index contributed by atoms with van der Waals surface area (Å²) in [5.41, 5.74) is 1.09. The number of ether oxygens (including phenoxy) is 2. The van der Waals surface area contributed by atoms with E-state index in [4.69, 9.17) is 9.47 Å². The van der Waals surface area contributed by atoms with Gasteiger partial charge in [-0.2, -0.15) is 0 Å². The largest absolute Gasteiger partial charge is 0.491 e. The third kappa shape index (κ3) is 3.68. The summed E-state index contributed by atoms with van der Waals surface area (Å²) in [5, 5.41) is 0. The summed E-state index contributed by atoms with van der Waals surface area (Å²) in [6.07, 6.45) is 0.0187. The van der Waals surface area contributed by atoms with Crippen molar-refractivity contribution in [1.82, 2.24) is 4.90 Å². The molecular formula is C23H23FN2O4. The molecule has 0 N–H and O–H groups in total. The highest BCUT2D eigenvalue weighted by Gasteiger charge is 2.43. The van der Waals surface area contributed by atoms with Gasteiger partial charge in [0.2, 0.25) is 0 Å². The van der Waals surface area contributed by atoms with Gasteiger partial charge in [-0.05, 0) is 43.7 Å². The number of carbonyl (C=O) groups is 2. The number of morpholine rings is 1. The highest BCUT2D eigenvalue weighted by atomic mass is 19.1. The molecule has 0 radical (unpaired) electrons. The number of hydrogen-bond donors (Lipinski definition) is 0. The topological polar surface area (TPSA) is 59.1 Å². The Morgan fingerprint density at radius 3 is 2.27 bits per heavy atom. The third-order valence-corrected chi connectivity index (χ3v) is 4.99. The molecule has 2 aromatic rings. The van der Waals surface area contributed by atoms with Crippen LogP contribution in [0.15, 0.2) is 54.2 Å². The Morgan fingerprint density at radius 2 is 1.63 bits per heavy atom. The van der Waals surface area contributed by atoms with E-state index in [9.17, 15) is 14.0 Å². The van der Waals surface area contributed by atoms with Crippen LogP contribution in [0.2, 0.25) is 0 Å². The summed E-state index contributed by atoms with van der Waals surface area (Å²) in [6, 6.07) is 12.8. The average molecular weight is 410 g/mol. The molecule has 30 heavy (non-hydrogen) atoms. The standard InChI is InChI=1S/C23H23FN2O4/c1-15(2)30-17-9-7-16(8-10-17)20-21(25-11-13-29-14-12-25)23(28)26(22(20)27)19-6-4-3-5-18(19)24/h3-10,15H,11-14H2,1-2H3. The van der Waals surface area contributed by atoms with Gasteiger partial charge in [0.1, 0.15) is 17.3 Å². The predicted molar refractivity (Wildman–Crippen MR) is 110 cm³/mol. The van der Waals surface area contributed by atoms with Crippen molar-refractivity contribution in [3.8, 4) is 5.75 Å². The number of amides is 2. The van der Waals surface area contributed by atoms with Crippen LogP contribution in [0.4, 0.5) is 10.1 Å². The second-order valence-corrected chi connectivity index (χ2v) is 7.41. The lowest BCUT2D eigenvalue weighted by Crippen LogP contribution is -2.40. The number of halogens is 1. The highest BCUT2D eigenvalue weighted by Crippen LogP contribution is 2.36. The van der Waals surface area contributed by atoms with Crippen molar-refractivity contribution in [1.29, 1.82) is 0 Å². The molecule has 2 aliphatic rings. The maximum absolute atomic E-state index is 14.4. The number of nitrogens with zero attached hydrogens (tertiary/aromatic N) is 2. The zero-order valence-electron chi connectivity index (χ0n) is 16.9. The number of hydrogen-bond acceptors (Lipinski definition) is 5. The van der Waals surface area contributed by atoms with E-state index in [1.807, 2.05) is 18.7 Å². The van der Waals surface area contributed by atoms with E-state index in [0.717, 1.165) is 4.90 Å². The zero-order chi connectivity index (χ0) is 21.3. The summed E-state index contributed by atoms with van der Waals surface area (Å²) in [5.74, 6) is -1.01. The Morgan fingerprint density at radius 1 is 0.967 bits per heavy atom. The molecule has 0 bridgehead atoms. The molecule has 2 aliphatic heterocycles. The number of para-hydroxylation sites is 1. The lowest BCUT2D eigenvalue weighted by molar-refractivity contribution is -0.121. The van der Waals surface area contributed by atoms with Crippen LogP contribution in [0.5, 0.6) is 5.75 Å². The first-order valence-electron chi connectivity index (χ1n) is 9.94. The second kappa shape index (κ2) is 8.28. The normalized spacial score (nSPS) is 17.3. The highest BCUT2D eigenvalue weighted by molar-refractivity contribution is 6.45. The van der Waals surface area contributed by atoms with Crippen LogP contribution in [0.25, 0.3) is 5.57 Å². The minimum Gasteiger partial charge on any atom is -0.491 e. The fourth-order valence-electron chi connectivity index (χ4n) is 3.68. The first kappa shape index (κ1) is 20.1. The lowest BCUT2D eigenvalue weighted by Gasteiger charge is -2.29. The fourth-order valence-corrected chi connectivity index (χ4v) is 3.68. The molecule has 156 valence electrons. The van der Waals surface area contributed by atoms with Gasteiger partial charge >= 0.3 is 0 Å². The maximum Gasteiger partial charge on any atom is 0.282 e. The van der Waals surface area contributed by atoms with E-state index in [2.05, 4.69) is 0 Å². The summed E-state index contributed by atoms with van der Waals surface area (Å²) in [6.45, 7) is 5.74. The molecule has 0 atom stereocenters. The molecule has 2 aromatic carbocycles. The van der Waals surface area contributed by atoms with E-state index >= 15 is 0 Å². The Kier molecular flexibility index (Phi) is 5.55. The van der Waals surface area contributed by atoms with Crippen molar-refractivity contribution in [3.05, 3.63) is 65.6 Å². The molecule has 2 heterocycles. The van der Waals surface area contributed by atoms with Crippen molar-refractivity contribution < 1.29 is 23.5 Å². The van der Waals surface area contributed by atoms with Gasteiger partial charge < -0.3 is 14.4 Å². The zero-order valence-corrected chi connectivity index (χ0v) is 16.9. The quantitative estimate of drug-likeness (QED) is 0.709. The van der Waals surface area contributed by atoms with Crippen molar-refractivity contribution in [2.24, 2.45) is 0 Å². The Balaban J connectivity index is 1.78. The van der Waals surface area contributed by atoms with Gasteiger partial charge in [-0.3, -0.25) is 9.59 Å². The molecule has 2 amide bonds. The SMILES string of the molecule is CC(C)Oc1ccc(C2=C(N3CCOCC3)C(=O)N(c3ccccc3F)C2=O)cc1. The van der Waals surface area contributed by atoms with Gasteiger partial charge in [0.15, 0.2) is 0 Å². The van der Waals surface area contributed by atoms with Crippen LogP contribution in [0, 0.1) is 5.82 Å². The van der Waals surface area contributed by atoms with Crippen LogP contribution in [0.3, 0.4) is 0 Å².